The summed E-state index contributed by atoms with van der Waals surface area (Å²) in [4.78, 5) is 23.3. The van der Waals surface area contributed by atoms with E-state index < -0.39 is 66.5 Å². The van der Waals surface area contributed by atoms with Crippen LogP contribution in [0.3, 0.4) is 0 Å². The van der Waals surface area contributed by atoms with Crippen LogP contribution in [0.4, 0.5) is 0 Å². The first-order valence-corrected chi connectivity index (χ1v) is 8.45. The molecule has 25 heavy (non-hydrogen) atoms. The Labute approximate surface area is 146 Å². The van der Waals surface area contributed by atoms with Crippen molar-refractivity contribution in [3.63, 3.8) is 0 Å². The van der Waals surface area contributed by atoms with Gasteiger partial charge in [-0.1, -0.05) is 6.58 Å². The predicted octanol–water partition coefficient (Wildman–Crippen LogP) is -1.17. The van der Waals surface area contributed by atoms with Crippen LogP contribution in [0.15, 0.2) is 12.2 Å². The van der Waals surface area contributed by atoms with Gasteiger partial charge in [-0.2, -0.15) is 4.21 Å². The summed E-state index contributed by atoms with van der Waals surface area (Å²) in [5.74, 6) is -1.75. The third kappa shape index (κ3) is 3.76. The first kappa shape index (κ1) is 19.9. The molecule has 0 amide bonds. The average Bonchev–Trinajstić information content (AvgIpc) is 3.06. The minimum absolute atomic E-state index is 0.0963. The van der Waals surface area contributed by atoms with Crippen molar-refractivity contribution < 1.29 is 47.0 Å². The summed E-state index contributed by atoms with van der Waals surface area (Å²) in [7, 11) is 0. The van der Waals surface area contributed by atoms with E-state index in [0.717, 1.165) is 0 Å². The van der Waals surface area contributed by atoms with Gasteiger partial charge in [-0.3, -0.25) is 8.74 Å². The summed E-state index contributed by atoms with van der Waals surface area (Å²) < 4.78 is 40.5. The summed E-state index contributed by atoms with van der Waals surface area (Å²) in [5.41, 5.74) is -2.65. The number of hydrogen-bond donors (Lipinski definition) is 3. The molecule has 2 heterocycles. The van der Waals surface area contributed by atoms with E-state index in [1.165, 1.54) is 6.92 Å². The number of ether oxygens (including phenoxy) is 3. The molecule has 142 valence electrons. The fraction of sp³-hybridized carbons (Fsp3) is 0.714. The molecule has 2 aliphatic rings. The van der Waals surface area contributed by atoms with Gasteiger partial charge >= 0.3 is 23.3 Å². The largest absolute Gasteiger partial charge is 0.454 e. The molecular formula is C14H20O10S. The van der Waals surface area contributed by atoms with Gasteiger partial charge in [0.2, 0.25) is 0 Å². The average molecular weight is 380 g/mol. The number of hydrogen-bond acceptors (Lipinski definition) is 9. The van der Waals surface area contributed by atoms with Crippen LogP contribution in [0.5, 0.6) is 0 Å². The zero-order valence-corrected chi connectivity index (χ0v) is 14.3. The van der Waals surface area contributed by atoms with Crippen molar-refractivity contribution in [3.8, 4) is 0 Å². The Morgan fingerprint density at radius 2 is 1.80 bits per heavy atom. The molecule has 0 spiro atoms. The molecule has 5 unspecified atom stereocenters. The Morgan fingerprint density at radius 1 is 1.24 bits per heavy atom. The van der Waals surface area contributed by atoms with Gasteiger partial charge in [-0.25, -0.2) is 9.59 Å². The monoisotopic (exact) mass is 380 g/mol. The van der Waals surface area contributed by atoms with Crippen molar-refractivity contribution in [2.45, 2.75) is 43.2 Å². The highest BCUT2D eigenvalue weighted by molar-refractivity contribution is 7.74. The molecule has 2 aliphatic heterocycles. The lowest BCUT2D eigenvalue weighted by Crippen LogP contribution is -2.55. The number of fused-ring (bicyclic) bond motifs is 2. The number of carbonyl (C=O) groups excluding carboxylic acids is 2. The van der Waals surface area contributed by atoms with E-state index in [9.17, 15) is 24.0 Å². The Kier molecular flexibility index (Phi) is 5.97. The maximum atomic E-state index is 12.0. The van der Waals surface area contributed by atoms with Gasteiger partial charge in [-0.05, 0) is 19.8 Å². The highest BCUT2D eigenvalue weighted by Gasteiger charge is 2.70. The number of aliphatic hydroxyl groups excluding tert-OH is 2. The van der Waals surface area contributed by atoms with E-state index >= 15 is 0 Å². The second-order valence-electron chi connectivity index (χ2n) is 6.05. The van der Waals surface area contributed by atoms with E-state index in [1.807, 2.05) is 0 Å². The minimum Gasteiger partial charge on any atom is -0.454 e. The molecule has 2 rings (SSSR count). The second-order valence-corrected chi connectivity index (χ2v) is 6.68. The van der Waals surface area contributed by atoms with Crippen LogP contribution in [0.2, 0.25) is 0 Å². The van der Waals surface area contributed by atoms with Crippen molar-refractivity contribution in [1.29, 1.82) is 0 Å². The summed E-state index contributed by atoms with van der Waals surface area (Å²) in [6.45, 7) is 2.94. The maximum absolute atomic E-state index is 12.0. The lowest BCUT2D eigenvalue weighted by molar-refractivity contribution is -0.173. The topological polar surface area (TPSA) is 149 Å². The molecule has 0 aromatic heterocycles. The van der Waals surface area contributed by atoms with E-state index in [0.29, 0.717) is 0 Å². The molecule has 0 aromatic rings. The first-order valence-electron chi connectivity index (χ1n) is 7.42. The molecule has 3 N–H and O–H groups in total. The molecule has 2 bridgehead atoms. The Morgan fingerprint density at radius 3 is 2.28 bits per heavy atom. The van der Waals surface area contributed by atoms with Gasteiger partial charge < -0.3 is 24.4 Å². The van der Waals surface area contributed by atoms with E-state index in [2.05, 4.69) is 11.3 Å². The highest BCUT2D eigenvalue weighted by Crippen LogP contribution is 2.53. The van der Waals surface area contributed by atoms with E-state index in [-0.39, 0.29) is 18.4 Å². The number of carbonyl (C=O) groups is 2. The molecule has 0 radical (unpaired) electrons. The third-order valence-electron chi connectivity index (χ3n) is 4.34. The molecule has 0 saturated carbocycles. The van der Waals surface area contributed by atoms with Crippen molar-refractivity contribution in [1.82, 2.24) is 0 Å². The van der Waals surface area contributed by atoms with Crippen molar-refractivity contribution in [2.75, 3.05) is 19.8 Å². The standard InChI is InChI=1S/C14H20O10S/c1-8(2)12(18)21-5-9(17)22-10-11(23-25(19)20)14(7-16)4-3-13(10,6-15)24-14/h10-11,15-16H,1,3-7H2,2H3,(H,19,20). The highest BCUT2D eigenvalue weighted by atomic mass is 32.2. The lowest BCUT2D eigenvalue weighted by atomic mass is 9.78. The molecule has 2 fully saturated rings. The van der Waals surface area contributed by atoms with Gasteiger partial charge in [-0.15, -0.1) is 0 Å². The molecule has 10 nitrogen and oxygen atoms in total. The Balaban J connectivity index is 2.15. The van der Waals surface area contributed by atoms with Crippen molar-refractivity contribution in [2.24, 2.45) is 0 Å². The summed E-state index contributed by atoms with van der Waals surface area (Å²) in [5, 5.41) is 19.3. The smallest absolute Gasteiger partial charge is 0.344 e. The fourth-order valence-electron chi connectivity index (χ4n) is 3.10. The van der Waals surface area contributed by atoms with Crippen molar-refractivity contribution in [3.05, 3.63) is 12.2 Å². The zero-order valence-electron chi connectivity index (χ0n) is 13.5. The quantitative estimate of drug-likeness (QED) is 0.267. The second kappa shape index (κ2) is 7.48. The van der Waals surface area contributed by atoms with E-state index in [4.69, 9.17) is 18.2 Å². The van der Waals surface area contributed by atoms with Gasteiger partial charge in [0, 0.05) is 5.57 Å². The van der Waals surface area contributed by atoms with Crippen LogP contribution in [-0.2, 0) is 39.3 Å². The van der Waals surface area contributed by atoms with Crippen LogP contribution in [-0.4, -0.2) is 74.1 Å². The third-order valence-corrected chi connectivity index (χ3v) is 4.71. The lowest BCUT2D eigenvalue weighted by Gasteiger charge is -2.35. The number of esters is 2. The van der Waals surface area contributed by atoms with Crippen LogP contribution >= 0.6 is 0 Å². The van der Waals surface area contributed by atoms with Crippen LogP contribution < -0.4 is 0 Å². The van der Waals surface area contributed by atoms with Gasteiger partial charge in [0.1, 0.15) is 17.3 Å². The SMILES string of the molecule is C=C(C)C(=O)OCC(=O)OC1C(OS(=O)O)C2(CO)CCC1(CO)O2. The molecule has 2 saturated heterocycles. The summed E-state index contributed by atoms with van der Waals surface area (Å²) in [6.07, 6.45) is -2.05. The molecular weight excluding hydrogens is 360 g/mol. The normalized spacial score (nSPS) is 34.6. The molecule has 0 aliphatic carbocycles. The summed E-state index contributed by atoms with van der Waals surface area (Å²) in [6, 6.07) is 0. The number of rotatable bonds is 8. The summed E-state index contributed by atoms with van der Waals surface area (Å²) >= 11 is -2.72. The van der Waals surface area contributed by atoms with Crippen LogP contribution in [0.1, 0.15) is 19.8 Å². The van der Waals surface area contributed by atoms with Crippen LogP contribution in [0, 0.1) is 0 Å². The molecule has 11 heteroatoms. The Hall–Kier alpha value is -1.37. The van der Waals surface area contributed by atoms with Gasteiger partial charge in [0.15, 0.2) is 12.7 Å². The van der Waals surface area contributed by atoms with Gasteiger partial charge in [0.25, 0.3) is 0 Å². The first-order chi connectivity index (χ1) is 11.7. The molecule has 5 atom stereocenters. The van der Waals surface area contributed by atoms with Gasteiger partial charge in [0.05, 0.1) is 13.2 Å². The maximum Gasteiger partial charge on any atom is 0.344 e. The Bertz CT molecular complexity index is 592. The fourth-order valence-corrected chi connectivity index (χ4v) is 3.56. The van der Waals surface area contributed by atoms with Crippen molar-refractivity contribution >= 4 is 23.3 Å². The number of aliphatic hydroxyl groups is 2. The van der Waals surface area contributed by atoms with Crippen LogP contribution in [0.25, 0.3) is 0 Å². The predicted molar refractivity (Wildman–Crippen MR) is 81.2 cm³/mol. The van der Waals surface area contributed by atoms with E-state index in [1.54, 1.807) is 0 Å². The molecule has 0 aromatic carbocycles. The zero-order chi connectivity index (χ0) is 18.8. The minimum atomic E-state index is -2.72.